The van der Waals surface area contributed by atoms with Crippen LogP contribution in [0.2, 0.25) is 0 Å². The summed E-state index contributed by atoms with van der Waals surface area (Å²) in [5, 5.41) is 2.42. The minimum Gasteiger partial charge on any atom is -0.327 e. The van der Waals surface area contributed by atoms with E-state index in [1.54, 1.807) is 12.1 Å². The minimum absolute atomic E-state index is 0.185. The van der Waals surface area contributed by atoms with E-state index >= 15 is 0 Å². The highest BCUT2D eigenvalue weighted by molar-refractivity contribution is 6.04. The van der Waals surface area contributed by atoms with Gasteiger partial charge in [-0.2, -0.15) is 0 Å². The zero-order chi connectivity index (χ0) is 19.7. The Balaban J connectivity index is 1.75. The molecule has 0 atom stereocenters. The quantitative estimate of drug-likeness (QED) is 0.694. The van der Waals surface area contributed by atoms with Crippen molar-refractivity contribution in [1.29, 1.82) is 0 Å². The Labute approximate surface area is 160 Å². The fraction of sp³-hybridized carbons (Fsp3) is 0.238. The van der Waals surface area contributed by atoms with Crippen LogP contribution in [0.4, 0.5) is 18.9 Å². The van der Waals surface area contributed by atoms with Gasteiger partial charge < -0.3 is 9.88 Å². The molecule has 0 bridgehead atoms. The molecule has 2 aromatic carbocycles. The van der Waals surface area contributed by atoms with Crippen LogP contribution in [0.25, 0.3) is 11.4 Å². The summed E-state index contributed by atoms with van der Waals surface area (Å²) in [5.74, 6) is -1.75. The third kappa shape index (κ3) is 3.52. The van der Waals surface area contributed by atoms with Crippen molar-refractivity contribution in [1.82, 2.24) is 9.55 Å². The number of benzene rings is 2. The second kappa shape index (κ2) is 7.50. The van der Waals surface area contributed by atoms with Crippen molar-refractivity contribution >= 4 is 11.6 Å². The smallest absolute Gasteiger partial charge is 0.276 e. The van der Waals surface area contributed by atoms with Crippen molar-refractivity contribution in [3.05, 3.63) is 71.3 Å². The Morgan fingerprint density at radius 1 is 0.964 bits per heavy atom. The molecule has 1 N–H and O–H groups in total. The maximum atomic E-state index is 13.9. The molecule has 0 saturated heterocycles. The van der Waals surface area contributed by atoms with Crippen LogP contribution in [0.3, 0.4) is 0 Å². The van der Waals surface area contributed by atoms with Crippen molar-refractivity contribution in [2.24, 2.45) is 0 Å². The fourth-order valence-corrected chi connectivity index (χ4v) is 3.50. The number of hydrogen-bond donors (Lipinski definition) is 1. The maximum absolute atomic E-state index is 13.9. The van der Waals surface area contributed by atoms with E-state index in [1.807, 2.05) is 4.57 Å². The Morgan fingerprint density at radius 2 is 1.71 bits per heavy atom. The molecule has 4 nitrogen and oxygen atoms in total. The lowest BCUT2D eigenvalue weighted by Gasteiger charge is -2.09. The largest absolute Gasteiger partial charge is 0.327 e. The molecule has 2 heterocycles. The zero-order valence-electron chi connectivity index (χ0n) is 15.0. The van der Waals surface area contributed by atoms with Crippen LogP contribution < -0.4 is 5.32 Å². The molecule has 0 radical (unpaired) electrons. The van der Waals surface area contributed by atoms with Gasteiger partial charge in [0.05, 0.1) is 11.4 Å². The average molecular weight is 385 g/mol. The molecule has 1 aromatic heterocycles. The van der Waals surface area contributed by atoms with Gasteiger partial charge in [-0.1, -0.05) is 6.42 Å². The molecule has 28 heavy (non-hydrogen) atoms. The Morgan fingerprint density at radius 3 is 2.50 bits per heavy atom. The molecular weight excluding hydrogens is 367 g/mol. The fourth-order valence-electron chi connectivity index (χ4n) is 3.50. The van der Waals surface area contributed by atoms with Crippen LogP contribution in [0.5, 0.6) is 0 Å². The summed E-state index contributed by atoms with van der Waals surface area (Å²) >= 11 is 0. The molecule has 7 heteroatoms. The van der Waals surface area contributed by atoms with Gasteiger partial charge in [-0.25, -0.2) is 18.2 Å². The van der Waals surface area contributed by atoms with E-state index in [0.717, 1.165) is 43.2 Å². The highest BCUT2D eigenvalue weighted by Crippen LogP contribution is 2.28. The molecule has 0 saturated carbocycles. The van der Waals surface area contributed by atoms with E-state index in [9.17, 15) is 18.0 Å². The standard InChI is InChI=1S/C21H18F3N3O/c22-14-7-5-13(6-8-14)20-26-19(18-4-2-1-3-11-27(18)20)21(28)25-17-12-15(23)9-10-16(17)24/h5-10,12H,1-4,11H2,(H,25,28). The van der Waals surface area contributed by atoms with Crippen LogP contribution >= 0.6 is 0 Å². The number of amides is 1. The van der Waals surface area contributed by atoms with Gasteiger partial charge in [0, 0.05) is 18.2 Å². The number of fused-ring (bicyclic) bond motifs is 1. The Kier molecular flexibility index (Phi) is 4.90. The van der Waals surface area contributed by atoms with E-state index in [1.165, 1.54) is 12.1 Å². The molecule has 3 aromatic rings. The average Bonchev–Trinajstić information content (AvgIpc) is 2.87. The summed E-state index contributed by atoms with van der Waals surface area (Å²) in [6.45, 7) is 0.691. The van der Waals surface area contributed by atoms with Crippen molar-refractivity contribution < 1.29 is 18.0 Å². The predicted molar refractivity (Wildman–Crippen MR) is 99.5 cm³/mol. The van der Waals surface area contributed by atoms with Gasteiger partial charge in [0.2, 0.25) is 0 Å². The Bertz CT molecular complexity index is 1030. The molecule has 4 rings (SSSR count). The van der Waals surface area contributed by atoms with Gasteiger partial charge in [-0.05, 0) is 55.7 Å². The number of hydrogen-bond acceptors (Lipinski definition) is 2. The van der Waals surface area contributed by atoms with Crippen LogP contribution in [0.1, 0.15) is 35.4 Å². The molecule has 0 fully saturated rings. The van der Waals surface area contributed by atoms with Gasteiger partial charge in [0.15, 0.2) is 0 Å². The summed E-state index contributed by atoms with van der Waals surface area (Å²) in [4.78, 5) is 17.3. The van der Waals surface area contributed by atoms with E-state index < -0.39 is 17.5 Å². The molecule has 1 aliphatic heterocycles. The van der Waals surface area contributed by atoms with Gasteiger partial charge in [-0.3, -0.25) is 4.79 Å². The summed E-state index contributed by atoms with van der Waals surface area (Å²) in [5.41, 5.74) is 1.40. The molecule has 0 spiro atoms. The first kappa shape index (κ1) is 18.3. The number of halogens is 3. The molecule has 1 aliphatic rings. The highest BCUT2D eigenvalue weighted by Gasteiger charge is 2.25. The van der Waals surface area contributed by atoms with Crippen LogP contribution in [-0.4, -0.2) is 15.5 Å². The monoisotopic (exact) mass is 385 g/mol. The third-order valence-corrected chi connectivity index (χ3v) is 4.86. The van der Waals surface area contributed by atoms with Gasteiger partial charge >= 0.3 is 0 Å². The molecule has 144 valence electrons. The van der Waals surface area contributed by atoms with Crippen LogP contribution in [0, 0.1) is 17.5 Å². The second-order valence-electron chi connectivity index (χ2n) is 6.78. The number of anilines is 1. The van der Waals surface area contributed by atoms with E-state index in [0.29, 0.717) is 24.4 Å². The number of imidazole rings is 1. The molecule has 1 amide bonds. The third-order valence-electron chi connectivity index (χ3n) is 4.86. The first-order chi connectivity index (χ1) is 13.5. The van der Waals surface area contributed by atoms with Gasteiger partial charge in [-0.15, -0.1) is 0 Å². The second-order valence-corrected chi connectivity index (χ2v) is 6.78. The number of rotatable bonds is 3. The van der Waals surface area contributed by atoms with Crippen molar-refractivity contribution in [3.8, 4) is 11.4 Å². The molecular formula is C21H18F3N3O. The lowest BCUT2D eigenvalue weighted by molar-refractivity contribution is 0.102. The molecule has 0 unspecified atom stereocenters. The summed E-state index contributed by atoms with van der Waals surface area (Å²) in [6.07, 6.45) is 3.52. The molecule has 0 aliphatic carbocycles. The van der Waals surface area contributed by atoms with Crippen molar-refractivity contribution in [2.45, 2.75) is 32.2 Å². The van der Waals surface area contributed by atoms with Gasteiger partial charge in [0.1, 0.15) is 29.0 Å². The van der Waals surface area contributed by atoms with Crippen molar-refractivity contribution in [2.75, 3.05) is 5.32 Å². The van der Waals surface area contributed by atoms with Crippen molar-refractivity contribution in [3.63, 3.8) is 0 Å². The van der Waals surface area contributed by atoms with Gasteiger partial charge in [0.25, 0.3) is 5.91 Å². The number of nitrogens with zero attached hydrogens (tertiary/aromatic N) is 2. The zero-order valence-corrected chi connectivity index (χ0v) is 15.0. The topological polar surface area (TPSA) is 46.9 Å². The van der Waals surface area contributed by atoms with Crippen LogP contribution in [-0.2, 0) is 13.0 Å². The van der Waals surface area contributed by atoms with E-state index in [-0.39, 0.29) is 17.2 Å². The summed E-state index contributed by atoms with van der Waals surface area (Å²) in [6, 6.07) is 8.80. The summed E-state index contributed by atoms with van der Waals surface area (Å²) < 4.78 is 42.6. The number of carbonyl (C=O) groups is 1. The highest BCUT2D eigenvalue weighted by atomic mass is 19.1. The van der Waals surface area contributed by atoms with Crippen LogP contribution in [0.15, 0.2) is 42.5 Å². The first-order valence-electron chi connectivity index (χ1n) is 9.14. The minimum atomic E-state index is -0.723. The number of nitrogens with one attached hydrogen (secondary N) is 1. The predicted octanol–water partition coefficient (Wildman–Crippen LogP) is 4.95. The first-order valence-corrected chi connectivity index (χ1v) is 9.14. The number of carbonyl (C=O) groups excluding carboxylic acids is 1. The summed E-state index contributed by atoms with van der Waals surface area (Å²) in [7, 11) is 0. The Hall–Kier alpha value is -3.09. The normalized spacial score (nSPS) is 13.7. The maximum Gasteiger partial charge on any atom is 0.276 e. The lowest BCUT2D eigenvalue weighted by atomic mass is 10.1. The number of aromatic nitrogens is 2. The SMILES string of the molecule is O=C(Nc1cc(F)ccc1F)c1nc(-c2ccc(F)cc2)n2c1CCCCC2. The van der Waals surface area contributed by atoms with E-state index in [2.05, 4.69) is 10.3 Å². The van der Waals surface area contributed by atoms with E-state index in [4.69, 9.17) is 0 Å². The lowest BCUT2D eigenvalue weighted by Crippen LogP contribution is -2.16.